The lowest BCUT2D eigenvalue weighted by atomic mass is 10.3. The van der Waals surface area contributed by atoms with Crippen LogP contribution in [0.2, 0.25) is 0 Å². The van der Waals surface area contributed by atoms with Crippen molar-refractivity contribution in [1.82, 2.24) is 10.4 Å². The highest BCUT2D eigenvalue weighted by Crippen LogP contribution is 2.07. The fourth-order valence-corrected chi connectivity index (χ4v) is 0.959. The molecule has 3 heteroatoms. The summed E-state index contributed by atoms with van der Waals surface area (Å²) < 4.78 is 5.10. The second kappa shape index (κ2) is 4.23. The van der Waals surface area contributed by atoms with E-state index in [1.807, 2.05) is 11.9 Å². The van der Waals surface area contributed by atoms with E-state index in [2.05, 4.69) is 12.3 Å². The number of ether oxygens (including phenoxy) is 1. The molecule has 0 aromatic carbocycles. The van der Waals surface area contributed by atoms with Crippen LogP contribution in [0, 0.1) is 0 Å². The molecule has 0 atom stereocenters. The molecule has 0 aromatic rings. The largest absolute Gasteiger partial charge is 0.478 e. The number of hydrogen-bond donors (Lipinski definition) is 1. The van der Waals surface area contributed by atoms with Gasteiger partial charge in [0, 0.05) is 6.54 Å². The van der Waals surface area contributed by atoms with Crippen molar-refractivity contribution in [3.8, 4) is 0 Å². The van der Waals surface area contributed by atoms with Crippen LogP contribution in [0.5, 0.6) is 0 Å². The van der Waals surface area contributed by atoms with Crippen LogP contribution in [-0.4, -0.2) is 18.3 Å². The summed E-state index contributed by atoms with van der Waals surface area (Å²) in [5.41, 5.74) is 4.43. The molecule has 11 heavy (non-hydrogen) atoms. The van der Waals surface area contributed by atoms with Gasteiger partial charge in [-0.1, -0.05) is 13.3 Å². The van der Waals surface area contributed by atoms with Crippen molar-refractivity contribution in [3.63, 3.8) is 0 Å². The molecule has 0 aromatic heterocycles. The van der Waals surface area contributed by atoms with Crippen LogP contribution >= 0.6 is 0 Å². The van der Waals surface area contributed by atoms with Gasteiger partial charge in [0.05, 0.1) is 5.70 Å². The second-order valence-electron chi connectivity index (χ2n) is 2.74. The number of nitrogens with zero attached hydrogens (tertiary/aromatic N) is 1. The molecule has 0 saturated carbocycles. The van der Waals surface area contributed by atoms with Crippen molar-refractivity contribution in [2.45, 2.75) is 26.7 Å². The van der Waals surface area contributed by atoms with Crippen LogP contribution < -0.4 is 5.43 Å². The van der Waals surface area contributed by atoms with Crippen molar-refractivity contribution in [3.05, 3.63) is 12.0 Å². The zero-order valence-corrected chi connectivity index (χ0v) is 7.26. The maximum atomic E-state index is 5.10. The molecular weight excluding hydrogens is 140 g/mol. The minimum atomic E-state index is 0.648. The van der Waals surface area contributed by atoms with Gasteiger partial charge in [-0.3, -0.25) is 5.01 Å². The van der Waals surface area contributed by atoms with E-state index in [1.54, 1.807) is 6.26 Å². The molecule has 1 rings (SSSR count). The first kappa shape index (κ1) is 8.40. The molecule has 0 spiro atoms. The van der Waals surface area contributed by atoms with E-state index >= 15 is 0 Å². The van der Waals surface area contributed by atoms with Crippen molar-refractivity contribution >= 4 is 0 Å². The van der Waals surface area contributed by atoms with Crippen LogP contribution in [0.15, 0.2) is 12.0 Å². The smallest absolute Gasteiger partial charge is 0.173 e. The summed E-state index contributed by atoms with van der Waals surface area (Å²) in [5.74, 6) is 0. The quantitative estimate of drug-likeness (QED) is 0.623. The Morgan fingerprint density at radius 2 is 2.55 bits per heavy atom. The fourth-order valence-electron chi connectivity index (χ4n) is 0.959. The topological polar surface area (TPSA) is 24.5 Å². The van der Waals surface area contributed by atoms with Gasteiger partial charge in [-0.15, -0.1) is 0 Å². The summed E-state index contributed by atoms with van der Waals surface area (Å²) in [6, 6.07) is 0. The van der Waals surface area contributed by atoms with E-state index in [0.717, 1.165) is 12.2 Å². The molecule has 1 aliphatic rings. The van der Waals surface area contributed by atoms with Gasteiger partial charge in [0.15, 0.2) is 6.73 Å². The third kappa shape index (κ3) is 2.42. The number of hydrogen-bond acceptors (Lipinski definition) is 3. The lowest BCUT2D eigenvalue weighted by Gasteiger charge is -2.18. The van der Waals surface area contributed by atoms with Gasteiger partial charge in [-0.05, 0) is 13.3 Å². The molecular formula is C8H16N2O. The minimum absolute atomic E-state index is 0.648. The van der Waals surface area contributed by atoms with E-state index < -0.39 is 0 Å². The molecule has 0 radical (unpaired) electrons. The number of allylic oxidation sites excluding steroid dienone is 1. The number of nitrogens with one attached hydrogen (secondary N) is 1. The number of hydrazine groups is 1. The van der Waals surface area contributed by atoms with Crippen molar-refractivity contribution in [2.75, 3.05) is 13.3 Å². The molecule has 0 bridgehead atoms. The van der Waals surface area contributed by atoms with E-state index in [0.29, 0.717) is 6.73 Å². The summed E-state index contributed by atoms with van der Waals surface area (Å²) in [6.45, 7) is 5.90. The first-order chi connectivity index (χ1) is 5.34. The maximum absolute atomic E-state index is 5.10. The Bertz CT molecular complexity index is 145. The summed E-state index contributed by atoms with van der Waals surface area (Å²) in [5, 5.41) is 2.02. The normalized spacial score (nSPS) is 16.5. The van der Waals surface area contributed by atoms with E-state index in [-0.39, 0.29) is 0 Å². The summed E-state index contributed by atoms with van der Waals surface area (Å²) in [4.78, 5) is 0. The summed E-state index contributed by atoms with van der Waals surface area (Å²) in [7, 11) is 0. The first-order valence-electron chi connectivity index (χ1n) is 4.14. The Labute approximate surface area is 68.0 Å². The van der Waals surface area contributed by atoms with E-state index in [1.165, 1.54) is 12.8 Å². The molecule has 0 unspecified atom stereocenters. The van der Waals surface area contributed by atoms with Crippen LogP contribution in [0.1, 0.15) is 26.7 Å². The Kier molecular flexibility index (Phi) is 3.23. The molecule has 0 saturated heterocycles. The first-order valence-corrected chi connectivity index (χ1v) is 4.14. The molecule has 64 valence electrons. The third-order valence-electron chi connectivity index (χ3n) is 1.72. The molecule has 1 N–H and O–H groups in total. The lowest BCUT2D eigenvalue weighted by molar-refractivity contribution is 0.124. The zero-order valence-electron chi connectivity index (χ0n) is 7.26. The summed E-state index contributed by atoms with van der Waals surface area (Å²) in [6.07, 6.45) is 4.22. The van der Waals surface area contributed by atoms with Gasteiger partial charge in [0.1, 0.15) is 6.26 Å². The zero-order chi connectivity index (χ0) is 8.10. The monoisotopic (exact) mass is 156 g/mol. The van der Waals surface area contributed by atoms with Crippen LogP contribution in [-0.2, 0) is 4.74 Å². The van der Waals surface area contributed by atoms with Gasteiger partial charge < -0.3 is 4.74 Å². The molecule has 0 fully saturated rings. The molecule has 0 amide bonds. The van der Waals surface area contributed by atoms with Crippen molar-refractivity contribution in [1.29, 1.82) is 0 Å². The third-order valence-corrected chi connectivity index (χ3v) is 1.72. The van der Waals surface area contributed by atoms with E-state index in [9.17, 15) is 0 Å². The standard InChI is InChI=1S/C8H16N2O/c1-3-4-5-9-10-7-11-6-8(10)2/h6,9H,3-5,7H2,1-2H3. The highest BCUT2D eigenvalue weighted by molar-refractivity contribution is 4.94. The Morgan fingerprint density at radius 3 is 3.09 bits per heavy atom. The van der Waals surface area contributed by atoms with Crippen molar-refractivity contribution in [2.24, 2.45) is 0 Å². The predicted octanol–water partition coefficient (Wildman–Crippen LogP) is 1.44. The summed E-state index contributed by atoms with van der Waals surface area (Å²) >= 11 is 0. The highest BCUT2D eigenvalue weighted by atomic mass is 16.5. The second-order valence-corrected chi connectivity index (χ2v) is 2.74. The molecule has 1 aliphatic heterocycles. The lowest BCUT2D eigenvalue weighted by Crippen LogP contribution is -2.35. The highest BCUT2D eigenvalue weighted by Gasteiger charge is 2.09. The minimum Gasteiger partial charge on any atom is -0.478 e. The Hall–Kier alpha value is -0.700. The SMILES string of the molecule is CCCCNN1COC=C1C. The van der Waals surface area contributed by atoms with Gasteiger partial charge >= 0.3 is 0 Å². The Balaban J connectivity index is 2.12. The predicted molar refractivity (Wildman–Crippen MR) is 44.5 cm³/mol. The fraction of sp³-hybridized carbons (Fsp3) is 0.750. The van der Waals surface area contributed by atoms with Gasteiger partial charge in [-0.2, -0.15) is 0 Å². The van der Waals surface area contributed by atoms with Crippen LogP contribution in [0.4, 0.5) is 0 Å². The van der Waals surface area contributed by atoms with Crippen LogP contribution in [0.25, 0.3) is 0 Å². The maximum Gasteiger partial charge on any atom is 0.173 e. The van der Waals surface area contributed by atoms with Gasteiger partial charge in [0.25, 0.3) is 0 Å². The molecule has 1 heterocycles. The number of rotatable bonds is 4. The molecule has 0 aliphatic carbocycles. The number of unbranched alkanes of at least 4 members (excludes halogenated alkanes) is 1. The molecule has 3 nitrogen and oxygen atoms in total. The van der Waals surface area contributed by atoms with Gasteiger partial charge in [0.2, 0.25) is 0 Å². The Morgan fingerprint density at radius 1 is 1.73 bits per heavy atom. The van der Waals surface area contributed by atoms with E-state index in [4.69, 9.17) is 4.74 Å². The van der Waals surface area contributed by atoms with Crippen LogP contribution in [0.3, 0.4) is 0 Å². The van der Waals surface area contributed by atoms with Crippen molar-refractivity contribution < 1.29 is 4.74 Å². The van der Waals surface area contributed by atoms with Gasteiger partial charge in [-0.25, -0.2) is 5.43 Å². The average molecular weight is 156 g/mol. The average Bonchev–Trinajstić information content (AvgIpc) is 2.37.